The number of aliphatic hydroxyl groups is 1. The number of hydrogen-bond donors (Lipinski definition) is 2. The molecule has 6 rings (SSSR count). The molecule has 6 nitrogen and oxygen atoms in total. The van der Waals surface area contributed by atoms with Crippen molar-refractivity contribution in [1.82, 2.24) is 14.9 Å². The molecule has 5 aliphatic rings. The number of aromatic nitrogens is 2. The van der Waals surface area contributed by atoms with Crippen molar-refractivity contribution in [3.05, 3.63) is 29.4 Å². The van der Waals surface area contributed by atoms with E-state index in [4.69, 9.17) is 4.74 Å². The molecule has 1 aromatic rings. The number of rotatable bonds is 7. The van der Waals surface area contributed by atoms with Gasteiger partial charge in [-0.15, -0.1) is 0 Å². The summed E-state index contributed by atoms with van der Waals surface area (Å²) in [5.74, 6) is 2.05. The predicted octanol–water partition coefficient (Wildman–Crippen LogP) is 3.92. The molecular formula is C26H41N3O3. The van der Waals surface area contributed by atoms with Gasteiger partial charge in [0.1, 0.15) is 12.1 Å². The van der Waals surface area contributed by atoms with Crippen molar-refractivity contribution in [1.29, 1.82) is 0 Å². The van der Waals surface area contributed by atoms with E-state index in [9.17, 15) is 9.90 Å². The highest BCUT2D eigenvalue weighted by atomic mass is 16.5. The summed E-state index contributed by atoms with van der Waals surface area (Å²) in [6.07, 6.45) is 17.4. The first-order chi connectivity index (χ1) is 15.7. The zero-order valence-electron chi connectivity index (χ0n) is 19.7. The molecule has 3 fully saturated rings. The van der Waals surface area contributed by atoms with Crippen LogP contribution in [0.15, 0.2) is 23.5 Å². The number of ether oxygens (including phenoxy) is 1. The molecule has 2 bridgehead atoms. The quantitative estimate of drug-likeness (QED) is 0.493. The molecule has 0 radical (unpaired) electrons. The van der Waals surface area contributed by atoms with Crippen LogP contribution in [0.25, 0.3) is 0 Å². The third-order valence-electron chi connectivity index (χ3n) is 8.62. The molecule has 3 saturated heterocycles. The van der Waals surface area contributed by atoms with Crippen LogP contribution in [0.3, 0.4) is 0 Å². The fourth-order valence-electron chi connectivity index (χ4n) is 6.39. The number of nitrogens with one attached hydrogen (secondary N) is 1. The van der Waals surface area contributed by atoms with Gasteiger partial charge < -0.3 is 24.5 Å². The molecule has 0 aromatic carbocycles. The molecule has 0 saturated carbocycles. The Morgan fingerprint density at radius 3 is 2.56 bits per heavy atom. The Hall–Kier alpha value is -1.50. The molecule has 4 heterocycles. The average Bonchev–Trinajstić information content (AvgIpc) is 3.40. The second-order valence-electron chi connectivity index (χ2n) is 10.3. The second kappa shape index (κ2) is 11.1. The highest BCUT2D eigenvalue weighted by Gasteiger charge is 2.40. The van der Waals surface area contributed by atoms with Crippen molar-refractivity contribution >= 4 is 6.29 Å². The molecule has 0 amide bonds. The van der Waals surface area contributed by atoms with E-state index in [0.717, 1.165) is 37.3 Å². The number of aliphatic hydroxyl groups excluding tert-OH is 1. The lowest BCUT2D eigenvalue weighted by Crippen LogP contribution is -2.50. The Morgan fingerprint density at radius 1 is 1.22 bits per heavy atom. The zero-order chi connectivity index (χ0) is 22.4. The van der Waals surface area contributed by atoms with E-state index < -0.39 is 5.41 Å². The minimum atomic E-state index is -0.608. The first-order valence-corrected chi connectivity index (χ1v) is 12.7. The molecule has 32 heavy (non-hydrogen) atoms. The fraction of sp³-hybridized carbons (Fsp3) is 0.769. The Bertz CT molecular complexity index is 754. The van der Waals surface area contributed by atoms with Gasteiger partial charge in [0.15, 0.2) is 0 Å². The van der Waals surface area contributed by atoms with E-state index >= 15 is 0 Å². The SMILES string of the molecule is CO[C@H]1CN2CCC1CC2.O=CC(CO)(CCc1ncc[nH]1)C1CCC2=C(CCCC2)C1. The van der Waals surface area contributed by atoms with Crippen LogP contribution in [0.1, 0.15) is 70.0 Å². The zero-order valence-corrected chi connectivity index (χ0v) is 19.7. The summed E-state index contributed by atoms with van der Waals surface area (Å²) < 4.78 is 5.38. The normalized spacial score (nSPS) is 31.3. The van der Waals surface area contributed by atoms with Gasteiger partial charge in [0.2, 0.25) is 0 Å². The standard InChI is InChI=1S/C18H26N2O2.C8H15NO/c21-12-18(13-22,8-7-17-19-9-10-20-17)16-6-5-14-3-1-2-4-15(14)11-16;1-10-8-6-9-4-2-7(8)3-5-9/h9-10,12,16,22H,1-8,11,13H2,(H,19,20);7-8H,2-6H2,1H3/t;8-/m.0/s1. The lowest BCUT2D eigenvalue weighted by Gasteiger charge is -2.43. The maximum absolute atomic E-state index is 11.9. The van der Waals surface area contributed by atoms with Gasteiger partial charge in [0.25, 0.3) is 0 Å². The maximum Gasteiger partial charge on any atom is 0.128 e. The molecule has 6 heteroatoms. The topological polar surface area (TPSA) is 78.4 Å². The van der Waals surface area contributed by atoms with Gasteiger partial charge in [0.05, 0.1) is 18.1 Å². The van der Waals surface area contributed by atoms with Crippen molar-refractivity contribution in [2.24, 2.45) is 17.3 Å². The molecule has 1 aromatic heterocycles. The smallest absolute Gasteiger partial charge is 0.128 e. The summed E-state index contributed by atoms with van der Waals surface area (Å²) >= 11 is 0. The third-order valence-corrected chi connectivity index (χ3v) is 8.62. The van der Waals surface area contributed by atoms with E-state index in [1.807, 2.05) is 7.11 Å². The van der Waals surface area contributed by atoms with Crippen LogP contribution >= 0.6 is 0 Å². The molecule has 2 unspecified atom stereocenters. The summed E-state index contributed by atoms with van der Waals surface area (Å²) in [7, 11) is 1.84. The lowest BCUT2D eigenvalue weighted by molar-refractivity contribution is -0.123. The second-order valence-corrected chi connectivity index (χ2v) is 10.3. The Morgan fingerprint density at radius 2 is 2.00 bits per heavy atom. The summed E-state index contributed by atoms with van der Waals surface area (Å²) in [4.78, 5) is 21.7. The molecule has 2 N–H and O–H groups in total. The number of aryl methyl sites for hydroxylation is 1. The fourth-order valence-corrected chi connectivity index (χ4v) is 6.39. The maximum atomic E-state index is 11.9. The highest BCUT2D eigenvalue weighted by Crippen LogP contribution is 2.45. The Balaban J connectivity index is 0.000000203. The minimum absolute atomic E-state index is 0.0511. The van der Waals surface area contributed by atoms with Gasteiger partial charge in [-0.1, -0.05) is 11.1 Å². The predicted molar refractivity (Wildman–Crippen MR) is 125 cm³/mol. The average molecular weight is 444 g/mol. The van der Waals surface area contributed by atoms with E-state index in [1.54, 1.807) is 23.5 Å². The number of allylic oxidation sites excluding steroid dienone is 2. The van der Waals surface area contributed by atoms with Crippen molar-refractivity contribution in [3.8, 4) is 0 Å². The Kier molecular flexibility index (Phi) is 8.19. The molecule has 178 valence electrons. The van der Waals surface area contributed by atoms with Gasteiger partial charge in [-0.3, -0.25) is 0 Å². The number of imidazole rings is 1. The van der Waals surface area contributed by atoms with Gasteiger partial charge in [-0.05, 0) is 89.1 Å². The molecule has 3 atom stereocenters. The highest BCUT2D eigenvalue weighted by molar-refractivity contribution is 5.60. The summed E-state index contributed by atoms with van der Waals surface area (Å²) in [5.41, 5.74) is 2.62. The number of carbonyl (C=O) groups excluding carboxylic acids is 1. The van der Waals surface area contributed by atoms with E-state index in [-0.39, 0.29) is 12.5 Å². The van der Waals surface area contributed by atoms with Gasteiger partial charge >= 0.3 is 0 Å². The number of H-pyrrole nitrogens is 1. The van der Waals surface area contributed by atoms with E-state index in [0.29, 0.717) is 18.9 Å². The van der Waals surface area contributed by atoms with Crippen LogP contribution in [0.4, 0.5) is 0 Å². The summed E-state index contributed by atoms with van der Waals surface area (Å²) in [6, 6.07) is 0. The van der Waals surface area contributed by atoms with Crippen LogP contribution in [0.5, 0.6) is 0 Å². The van der Waals surface area contributed by atoms with Gasteiger partial charge in [-0.25, -0.2) is 4.98 Å². The number of methoxy groups -OCH3 is 1. The van der Waals surface area contributed by atoms with E-state index in [1.165, 1.54) is 58.2 Å². The largest absolute Gasteiger partial charge is 0.395 e. The van der Waals surface area contributed by atoms with Crippen molar-refractivity contribution < 1.29 is 14.6 Å². The van der Waals surface area contributed by atoms with Crippen LogP contribution < -0.4 is 0 Å². The van der Waals surface area contributed by atoms with Crippen LogP contribution in [0.2, 0.25) is 0 Å². The first kappa shape index (κ1) is 23.7. The first-order valence-electron chi connectivity index (χ1n) is 12.7. The minimum Gasteiger partial charge on any atom is -0.395 e. The van der Waals surface area contributed by atoms with E-state index in [2.05, 4.69) is 14.9 Å². The van der Waals surface area contributed by atoms with Crippen LogP contribution in [-0.4, -0.2) is 65.7 Å². The van der Waals surface area contributed by atoms with Crippen molar-refractivity contribution in [2.45, 2.75) is 76.7 Å². The van der Waals surface area contributed by atoms with Gasteiger partial charge in [-0.2, -0.15) is 0 Å². The van der Waals surface area contributed by atoms with Crippen LogP contribution in [0, 0.1) is 17.3 Å². The number of carbonyl (C=O) groups is 1. The number of nitrogens with zero attached hydrogens (tertiary/aromatic N) is 2. The lowest BCUT2D eigenvalue weighted by atomic mass is 9.65. The summed E-state index contributed by atoms with van der Waals surface area (Å²) in [5, 5.41) is 9.98. The summed E-state index contributed by atoms with van der Waals surface area (Å²) in [6.45, 7) is 3.75. The van der Waals surface area contributed by atoms with Gasteiger partial charge in [0, 0.05) is 32.5 Å². The third kappa shape index (κ3) is 5.35. The van der Waals surface area contributed by atoms with Crippen molar-refractivity contribution in [3.63, 3.8) is 0 Å². The Labute approximate surface area is 192 Å². The number of aldehydes is 1. The monoisotopic (exact) mass is 443 g/mol. The molecule has 3 aliphatic heterocycles. The number of fused-ring (bicyclic) bond motifs is 3. The van der Waals surface area contributed by atoms with Crippen molar-refractivity contribution in [2.75, 3.05) is 33.4 Å². The number of piperidine rings is 3. The number of aromatic amines is 1. The molecule has 2 aliphatic carbocycles. The number of hydrogen-bond acceptors (Lipinski definition) is 5. The van der Waals surface area contributed by atoms with Crippen LogP contribution in [-0.2, 0) is 16.0 Å². The molecule has 0 spiro atoms. The molecular weight excluding hydrogens is 402 g/mol.